The summed E-state index contributed by atoms with van der Waals surface area (Å²) in [5, 5.41) is 0. The molecular formula is C11H10F7NO. The van der Waals surface area contributed by atoms with E-state index in [1.165, 1.54) is 6.92 Å². The van der Waals surface area contributed by atoms with Crippen LogP contribution in [0.4, 0.5) is 30.7 Å². The van der Waals surface area contributed by atoms with Crippen molar-refractivity contribution in [2.75, 3.05) is 0 Å². The molecule has 1 aromatic carbocycles. The van der Waals surface area contributed by atoms with Gasteiger partial charge in [0.1, 0.15) is 11.6 Å². The lowest BCUT2D eigenvalue weighted by Gasteiger charge is -2.25. The molecule has 0 radical (unpaired) electrons. The molecular weight excluding hydrogens is 295 g/mol. The van der Waals surface area contributed by atoms with Gasteiger partial charge < -0.3 is 10.5 Å². The van der Waals surface area contributed by atoms with Crippen LogP contribution in [-0.2, 0) is 0 Å². The zero-order chi connectivity index (χ0) is 15.7. The van der Waals surface area contributed by atoms with E-state index >= 15 is 0 Å². The fraction of sp³-hybridized carbons (Fsp3) is 0.455. The number of ether oxygens (including phenoxy) is 1. The highest BCUT2D eigenvalue weighted by Gasteiger charge is 2.59. The van der Waals surface area contributed by atoms with Crippen molar-refractivity contribution in [3.63, 3.8) is 0 Å². The molecule has 9 heteroatoms. The van der Waals surface area contributed by atoms with Crippen molar-refractivity contribution in [2.24, 2.45) is 5.73 Å². The van der Waals surface area contributed by atoms with E-state index in [0.29, 0.717) is 0 Å². The fourth-order valence-corrected chi connectivity index (χ4v) is 1.51. The van der Waals surface area contributed by atoms with E-state index in [1.54, 1.807) is 0 Å². The van der Waals surface area contributed by atoms with Crippen LogP contribution in [0, 0.1) is 5.82 Å². The second-order valence-electron chi connectivity index (χ2n) is 4.02. The molecule has 0 saturated heterocycles. The van der Waals surface area contributed by atoms with Gasteiger partial charge >= 0.3 is 12.4 Å². The summed E-state index contributed by atoms with van der Waals surface area (Å²) >= 11 is 0. The number of benzene rings is 1. The lowest BCUT2D eigenvalue weighted by Crippen LogP contribution is -2.46. The van der Waals surface area contributed by atoms with Crippen molar-refractivity contribution < 1.29 is 35.5 Å². The average Bonchev–Trinajstić information content (AvgIpc) is 2.22. The molecule has 0 unspecified atom stereocenters. The lowest BCUT2D eigenvalue weighted by molar-refractivity contribution is -0.300. The predicted molar refractivity (Wildman–Crippen MR) is 55.5 cm³/mol. The quantitative estimate of drug-likeness (QED) is 0.864. The minimum atomic E-state index is -5.68. The highest BCUT2D eigenvalue weighted by atomic mass is 19.4. The van der Waals surface area contributed by atoms with E-state index in [9.17, 15) is 30.7 Å². The standard InChI is InChI=1S/C11H10F7NO/c1-5(19)8-6(12)3-2-4-7(8)20-9(10(13,14)15)11(16,17)18/h2-5,9H,19H2,1H3/t5-/m0/s1. The van der Waals surface area contributed by atoms with Crippen LogP contribution in [0.3, 0.4) is 0 Å². The van der Waals surface area contributed by atoms with Gasteiger partial charge in [0.05, 0.1) is 0 Å². The first-order valence-corrected chi connectivity index (χ1v) is 5.28. The SMILES string of the molecule is C[C@H](N)c1c(F)cccc1OC(C(F)(F)F)C(F)(F)F. The second kappa shape index (κ2) is 5.47. The summed E-state index contributed by atoms with van der Waals surface area (Å²) in [5.74, 6) is -1.93. The monoisotopic (exact) mass is 305 g/mol. The van der Waals surface area contributed by atoms with Crippen LogP contribution in [0.2, 0.25) is 0 Å². The smallest absolute Gasteiger partial charge is 0.434 e. The minimum Gasteiger partial charge on any atom is -0.471 e. The van der Waals surface area contributed by atoms with Crippen LogP contribution in [0.15, 0.2) is 18.2 Å². The Morgan fingerprint density at radius 1 is 1.05 bits per heavy atom. The van der Waals surface area contributed by atoms with Crippen LogP contribution in [-0.4, -0.2) is 18.5 Å². The Kier molecular flexibility index (Phi) is 4.52. The minimum absolute atomic E-state index is 0.550. The largest absolute Gasteiger partial charge is 0.471 e. The molecule has 1 rings (SSSR count). The molecule has 2 nitrogen and oxygen atoms in total. The van der Waals surface area contributed by atoms with Crippen molar-refractivity contribution in [3.05, 3.63) is 29.6 Å². The molecule has 20 heavy (non-hydrogen) atoms. The number of halogens is 7. The molecule has 0 aromatic heterocycles. The molecule has 2 N–H and O–H groups in total. The number of hydrogen-bond acceptors (Lipinski definition) is 2. The van der Waals surface area contributed by atoms with Gasteiger partial charge in [-0.2, -0.15) is 26.3 Å². The van der Waals surface area contributed by atoms with Gasteiger partial charge in [0.15, 0.2) is 0 Å². The summed E-state index contributed by atoms with van der Waals surface area (Å²) in [7, 11) is 0. The van der Waals surface area contributed by atoms with Crippen molar-refractivity contribution >= 4 is 0 Å². The van der Waals surface area contributed by atoms with Crippen LogP contribution in [0.1, 0.15) is 18.5 Å². The first kappa shape index (κ1) is 16.5. The van der Waals surface area contributed by atoms with Crippen molar-refractivity contribution in [1.29, 1.82) is 0 Å². The summed E-state index contributed by atoms with van der Waals surface area (Å²) < 4.78 is 91.6. The lowest BCUT2D eigenvalue weighted by atomic mass is 10.1. The Balaban J connectivity index is 3.23. The van der Waals surface area contributed by atoms with Crippen LogP contribution >= 0.6 is 0 Å². The molecule has 0 bridgehead atoms. The van der Waals surface area contributed by atoms with Crippen LogP contribution in [0.5, 0.6) is 5.75 Å². The number of rotatable bonds is 3. The molecule has 0 amide bonds. The number of nitrogens with two attached hydrogens (primary N) is 1. The van der Waals surface area contributed by atoms with Crippen molar-refractivity contribution in [1.82, 2.24) is 0 Å². The summed E-state index contributed by atoms with van der Waals surface area (Å²) in [6.45, 7) is 1.21. The molecule has 0 spiro atoms. The van der Waals surface area contributed by atoms with Gasteiger partial charge in [-0.25, -0.2) is 4.39 Å². The predicted octanol–water partition coefficient (Wildman–Crippen LogP) is 3.72. The topological polar surface area (TPSA) is 35.2 Å². The Bertz CT molecular complexity index is 453. The van der Waals surface area contributed by atoms with Gasteiger partial charge in [0, 0.05) is 11.6 Å². The zero-order valence-corrected chi connectivity index (χ0v) is 10.0. The van der Waals surface area contributed by atoms with Crippen molar-refractivity contribution in [2.45, 2.75) is 31.4 Å². The molecule has 1 atom stereocenters. The molecule has 0 heterocycles. The van der Waals surface area contributed by atoms with E-state index in [2.05, 4.69) is 4.74 Å². The zero-order valence-electron chi connectivity index (χ0n) is 10.0. The molecule has 1 aromatic rings. The molecule has 0 aliphatic rings. The van der Waals surface area contributed by atoms with Crippen LogP contribution < -0.4 is 10.5 Å². The third-order valence-corrected chi connectivity index (χ3v) is 2.31. The fourth-order valence-electron chi connectivity index (χ4n) is 1.51. The van der Waals surface area contributed by atoms with Crippen molar-refractivity contribution in [3.8, 4) is 5.75 Å². The summed E-state index contributed by atoms with van der Waals surface area (Å²) in [5.41, 5.74) is 4.78. The van der Waals surface area contributed by atoms with Gasteiger partial charge in [-0.3, -0.25) is 0 Å². The van der Waals surface area contributed by atoms with E-state index in [4.69, 9.17) is 5.73 Å². The van der Waals surface area contributed by atoms with Gasteiger partial charge in [-0.1, -0.05) is 6.07 Å². The highest BCUT2D eigenvalue weighted by Crippen LogP contribution is 2.38. The Morgan fingerprint density at radius 3 is 1.95 bits per heavy atom. The van der Waals surface area contributed by atoms with Gasteiger partial charge in [0.25, 0.3) is 6.10 Å². The average molecular weight is 305 g/mol. The Morgan fingerprint density at radius 2 is 1.55 bits per heavy atom. The molecule has 0 aliphatic carbocycles. The van der Waals surface area contributed by atoms with E-state index in [0.717, 1.165) is 18.2 Å². The molecule has 114 valence electrons. The maximum atomic E-state index is 13.4. The Hall–Kier alpha value is -1.51. The Labute approximate surface area is 109 Å². The van der Waals surface area contributed by atoms with Gasteiger partial charge in [0.2, 0.25) is 0 Å². The maximum Gasteiger partial charge on any atom is 0.434 e. The molecule has 0 aliphatic heterocycles. The number of hydrogen-bond donors (Lipinski definition) is 1. The number of alkyl halides is 6. The van der Waals surface area contributed by atoms with E-state index in [-0.39, 0.29) is 0 Å². The molecule has 0 fully saturated rings. The first-order valence-electron chi connectivity index (χ1n) is 5.28. The molecule has 0 saturated carbocycles. The van der Waals surface area contributed by atoms with Gasteiger partial charge in [-0.05, 0) is 19.1 Å². The summed E-state index contributed by atoms with van der Waals surface area (Å²) in [4.78, 5) is 0. The van der Waals surface area contributed by atoms with E-state index in [1.807, 2.05) is 0 Å². The van der Waals surface area contributed by atoms with E-state index < -0.39 is 41.6 Å². The first-order chi connectivity index (χ1) is 8.94. The third kappa shape index (κ3) is 3.75. The third-order valence-electron chi connectivity index (χ3n) is 2.31. The normalized spacial score (nSPS) is 14.5. The summed E-state index contributed by atoms with van der Waals surface area (Å²) in [6, 6.07) is 1.46. The maximum absolute atomic E-state index is 13.4. The van der Waals surface area contributed by atoms with Gasteiger partial charge in [-0.15, -0.1) is 0 Å². The second-order valence-corrected chi connectivity index (χ2v) is 4.02. The van der Waals surface area contributed by atoms with Crippen LogP contribution in [0.25, 0.3) is 0 Å². The highest BCUT2D eigenvalue weighted by molar-refractivity contribution is 5.37. The summed E-state index contributed by atoms with van der Waals surface area (Å²) in [6.07, 6.45) is -15.4.